The van der Waals surface area contributed by atoms with Crippen LogP contribution in [0.3, 0.4) is 0 Å². The zero-order chi connectivity index (χ0) is 14.5. The van der Waals surface area contributed by atoms with Gasteiger partial charge in [-0.2, -0.15) is 0 Å². The molecule has 0 aliphatic heterocycles. The Labute approximate surface area is 125 Å². The van der Waals surface area contributed by atoms with Gasteiger partial charge >= 0.3 is 0 Å². The average Bonchev–Trinajstić information content (AvgIpc) is 2.39. The average molecular weight is 308 g/mol. The van der Waals surface area contributed by atoms with Crippen LogP contribution in [-0.4, -0.2) is 15.9 Å². The SMILES string of the molecule is NC(=O)C[S@](=O)Cc1ccccc1-c1ccc(Cl)cc1. The van der Waals surface area contributed by atoms with Crippen molar-refractivity contribution in [1.82, 2.24) is 0 Å². The lowest BCUT2D eigenvalue weighted by molar-refractivity contribution is -0.115. The molecule has 0 bridgehead atoms. The van der Waals surface area contributed by atoms with Crippen molar-refractivity contribution in [1.29, 1.82) is 0 Å². The zero-order valence-electron chi connectivity index (χ0n) is 10.7. The summed E-state index contributed by atoms with van der Waals surface area (Å²) in [6.07, 6.45) is 0. The van der Waals surface area contributed by atoms with Crippen LogP contribution in [0.4, 0.5) is 0 Å². The number of primary amides is 1. The third-order valence-corrected chi connectivity index (χ3v) is 4.28. The van der Waals surface area contributed by atoms with Crippen LogP contribution in [0.25, 0.3) is 11.1 Å². The van der Waals surface area contributed by atoms with Crippen molar-refractivity contribution in [3.63, 3.8) is 0 Å². The van der Waals surface area contributed by atoms with Crippen molar-refractivity contribution in [2.45, 2.75) is 5.75 Å². The molecule has 0 radical (unpaired) electrons. The number of amides is 1. The van der Waals surface area contributed by atoms with Gasteiger partial charge in [-0.15, -0.1) is 0 Å². The Kier molecular flexibility index (Phi) is 4.93. The van der Waals surface area contributed by atoms with Gasteiger partial charge in [-0.05, 0) is 28.8 Å². The lowest BCUT2D eigenvalue weighted by Gasteiger charge is -2.09. The van der Waals surface area contributed by atoms with Gasteiger partial charge in [0.2, 0.25) is 5.91 Å². The highest BCUT2D eigenvalue weighted by molar-refractivity contribution is 7.84. The molecule has 20 heavy (non-hydrogen) atoms. The van der Waals surface area contributed by atoms with Crippen LogP contribution in [0, 0.1) is 0 Å². The van der Waals surface area contributed by atoms with E-state index >= 15 is 0 Å². The first kappa shape index (κ1) is 14.8. The van der Waals surface area contributed by atoms with E-state index in [0.717, 1.165) is 16.7 Å². The van der Waals surface area contributed by atoms with Crippen LogP contribution < -0.4 is 5.73 Å². The zero-order valence-corrected chi connectivity index (χ0v) is 12.3. The minimum atomic E-state index is -1.29. The Morgan fingerprint density at radius 3 is 2.40 bits per heavy atom. The Balaban J connectivity index is 2.28. The summed E-state index contributed by atoms with van der Waals surface area (Å²) in [4.78, 5) is 10.8. The second-order valence-electron chi connectivity index (χ2n) is 4.36. The van der Waals surface area contributed by atoms with Gasteiger partial charge in [0, 0.05) is 21.6 Å². The van der Waals surface area contributed by atoms with Gasteiger partial charge in [-0.3, -0.25) is 9.00 Å². The van der Waals surface area contributed by atoms with Crippen LogP contribution in [0.1, 0.15) is 5.56 Å². The molecule has 3 nitrogen and oxygen atoms in total. The van der Waals surface area contributed by atoms with E-state index in [1.807, 2.05) is 48.5 Å². The Hall–Kier alpha value is -1.65. The molecule has 2 aromatic rings. The Morgan fingerprint density at radius 1 is 1.10 bits per heavy atom. The molecule has 0 aliphatic rings. The van der Waals surface area contributed by atoms with E-state index in [1.165, 1.54) is 0 Å². The number of rotatable bonds is 5. The van der Waals surface area contributed by atoms with Crippen molar-refractivity contribution in [2.24, 2.45) is 5.73 Å². The molecular weight excluding hydrogens is 294 g/mol. The summed E-state index contributed by atoms with van der Waals surface area (Å²) < 4.78 is 11.8. The Bertz CT molecular complexity index is 641. The maximum Gasteiger partial charge on any atom is 0.230 e. The quantitative estimate of drug-likeness (QED) is 0.923. The predicted molar refractivity (Wildman–Crippen MR) is 82.8 cm³/mol. The number of carbonyl (C=O) groups is 1. The molecule has 2 rings (SSSR count). The fourth-order valence-electron chi connectivity index (χ4n) is 1.94. The van der Waals surface area contributed by atoms with Crippen LogP contribution in [0.15, 0.2) is 48.5 Å². The molecular formula is C15H14ClNO2S. The molecule has 2 N–H and O–H groups in total. The molecule has 0 saturated heterocycles. The summed E-state index contributed by atoms with van der Waals surface area (Å²) in [6.45, 7) is 0. The van der Waals surface area contributed by atoms with Gasteiger partial charge in [0.1, 0.15) is 5.75 Å². The molecule has 0 unspecified atom stereocenters. The number of nitrogens with two attached hydrogens (primary N) is 1. The van der Waals surface area contributed by atoms with Crippen molar-refractivity contribution in [3.05, 3.63) is 59.1 Å². The normalized spacial score (nSPS) is 12.1. The van der Waals surface area contributed by atoms with Crippen molar-refractivity contribution < 1.29 is 9.00 Å². The third kappa shape index (κ3) is 3.92. The minimum absolute atomic E-state index is 0.116. The second-order valence-corrected chi connectivity index (χ2v) is 6.25. The summed E-state index contributed by atoms with van der Waals surface area (Å²) in [5.74, 6) is -0.358. The second kappa shape index (κ2) is 6.68. The molecule has 2 aromatic carbocycles. The fraction of sp³-hybridized carbons (Fsp3) is 0.133. The van der Waals surface area contributed by atoms with Gasteiger partial charge in [-0.25, -0.2) is 0 Å². The summed E-state index contributed by atoms with van der Waals surface area (Å²) in [7, 11) is -1.29. The van der Waals surface area contributed by atoms with Gasteiger partial charge in [-0.1, -0.05) is 48.0 Å². The number of benzene rings is 2. The van der Waals surface area contributed by atoms with E-state index in [-0.39, 0.29) is 5.75 Å². The standard InChI is InChI=1S/C15H14ClNO2S/c16-13-7-5-11(6-8-13)14-4-2-1-3-12(14)9-20(19)10-15(17)18/h1-8H,9-10H2,(H2,17,18)/t20-/m1/s1. The highest BCUT2D eigenvalue weighted by atomic mass is 35.5. The topological polar surface area (TPSA) is 60.2 Å². The fourth-order valence-corrected chi connectivity index (χ4v) is 3.08. The summed E-state index contributed by atoms with van der Waals surface area (Å²) in [6, 6.07) is 15.1. The highest BCUT2D eigenvalue weighted by Gasteiger charge is 2.10. The van der Waals surface area contributed by atoms with Gasteiger partial charge in [0.25, 0.3) is 0 Å². The largest absolute Gasteiger partial charge is 0.369 e. The van der Waals surface area contributed by atoms with Crippen LogP contribution >= 0.6 is 11.6 Å². The molecule has 5 heteroatoms. The molecule has 1 amide bonds. The summed E-state index contributed by atoms with van der Waals surface area (Å²) in [5.41, 5.74) is 7.98. The van der Waals surface area contributed by atoms with Crippen LogP contribution in [-0.2, 0) is 21.3 Å². The molecule has 1 atom stereocenters. The number of hydrogen-bond acceptors (Lipinski definition) is 2. The first-order valence-electron chi connectivity index (χ1n) is 6.03. The number of hydrogen-bond donors (Lipinski definition) is 1. The van der Waals surface area contributed by atoms with E-state index in [4.69, 9.17) is 17.3 Å². The molecule has 0 aliphatic carbocycles. The maximum absolute atomic E-state index is 11.8. The Morgan fingerprint density at radius 2 is 1.75 bits per heavy atom. The molecule has 104 valence electrons. The van der Waals surface area contributed by atoms with Gasteiger partial charge in [0.05, 0.1) is 0 Å². The molecule has 0 saturated carbocycles. The van der Waals surface area contributed by atoms with Crippen LogP contribution in [0.2, 0.25) is 5.02 Å². The third-order valence-electron chi connectivity index (χ3n) is 2.79. The van der Waals surface area contributed by atoms with Crippen molar-refractivity contribution in [2.75, 3.05) is 5.75 Å². The van der Waals surface area contributed by atoms with Gasteiger partial charge in [0.15, 0.2) is 0 Å². The van der Waals surface area contributed by atoms with Crippen molar-refractivity contribution >= 4 is 28.3 Å². The van der Waals surface area contributed by atoms with E-state index in [1.54, 1.807) is 0 Å². The summed E-state index contributed by atoms with van der Waals surface area (Å²) >= 11 is 5.88. The monoisotopic (exact) mass is 307 g/mol. The molecule has 0 aromatic heterocycles. The van der Waals surface area contributed by atoms with E-state index in [0.29, 0.717) is 10.8 Å². The van der Waals surface area contributed by atoms with E-state index < -0.39 is 16.7 Å². The van der Waals surface area contributed by atoms with Crippen molar-refractivity contribution in [3.8, 4) is 11.1 Å². The molecule has 0 fully saturated rings. The molecule has 0 heterocycles. The smallest absolute Gasteiger partial charge is 0.230 e. The minimum Gasteiger partial charge on any atom is -0.369 e. The highest BCUT2D eigenvalue weighted by Crippen LogP contribution is 2.26. The van der Waals surface area contributed by atoms with Gasteiger partial charge < -0.3 is 5.73 Å². The first-order chi connectivity index (χ1) is 9.56. The van der Waals surface area contributed by atoms with E-state index in [2.05, 4.69) is 0 Å². The number of carbonyl (C=O) groups excluding carboxylic acids is 1. The van der Waals surface area contributed by atoms with E-state index in [9.17, 15) is 9.00 Å². The lowest BCUT2D eigenvalue weighted by atomic mass is 10.0. The first-order valence-corrected chi connectivity index (χ1v) is 7.90. The molecule has 0 spiro atoms. The van der Waals surface area contributed by atoms with Crippen LogP contribution in [0.5, 0.6) is 0 Å². The summed E-state index contributed by atoms with van der Waals surface area (Å²) in [5, 5.41) is 0.670. The lowest BCUT2D eigenvalue weighted by Crippen LogP contribution is -2.20. The number of halogens is 1. The predicted octanol–water partition coefficient (Wildman–Crippen LogP) is 2.74. The maximum atomic E-state index is 11.8.